The van der Waals surface area contributed by atoms with Gasteiger partial charge in [0, 0.05) is 44.1 Å². The number of rotatable bonds is 4. The average Bonchev–Trinajstić information content (AvgIpc) is 3.17. The van der Waals surface area contributed by atoms with E-state index in [9.17, 15) is 5.26 Å². The summed E-state index contributed by atoms with van der Waals surface area (Å²) < 4.78 is 7.63. The molecule has 23 heavy (non-hydrogen) atoms. The van der Waals surface area contributed by atoms with Crippen LogP contribution in [0.25, 0.3) is 0 Å². The van der Waals surface area contributed by atoms with Crippen molar-refractivity contribution in [1.29, 1.82) is 5.26 Å². The van der Waals surface area contributed by atoms with Gasteiger partial charge in [-0.1, -0.05) is 11.6 Å². The Morgan fingerprint density at radius 3 is 3.04 bits per heavy atom. The molecule has 1 aliphatic rings. The minimum Gasteiger partial charge on any atom is -0.373 e. The summed E-state index contributed by atoms with van der Waals surface area (Å²) >= 11 is 6.03. The number of nitriles is 1. The van der Waals surface area contributed by atoms with Crippen molar-refractivity contribution in [2.75, 3.05) is 18.5 Å². The number of halogens is 1. The number of pyridine rings is 1. The number of ether oxygens (including phenoxy) is 1. The van der Waals surface area contributed by atoms with Crippen LogP contribution in [0.1, 0.15) is 29.2 Å². The summed E-state index contributed by atoms with van der Waals surface area (Å²) in [5.74, 6) is 0.884. The standard InChI is InChI=1S/C16H18ClN5O/c1-10-13(5-18)16(20-8-14(10)17)19-6-11-3-4-23-15(11)12-7-21-22(2)9-12/h7-9,11,15H,3-4,6H2,1-2H3,(H,19,20)/t11-,15+/m0/s1. The molecule has 3 heterocycles. The molecule has 0 aliphatic carbocycles. The van der Waals surface area contributed by atoms with E-state index in [1.165, 1.54) is 0 Å². The third-order valence-electron chi connectivity index (χ3n) is 4.19. The molecule has 0 aromatic carbocycles. The van der Waals surface area contributed by atoms with Gasteiger partial charge in [-0.3, -0.25) is 4.68 Å². The minimum absolute atomic E-state index is 0.0233. The molecule has 7 heteroatoms. The van der Waals surface area contributed by atoms with Crippen molar-refractivity contribution in [3.63, 3.8) is 0 Å². The first-order valence-electron chi connectivity index (χ1n) is 7.49. The van der Waals surface area contributed by atoms with Crippen molar-refractivity contribution < 1.29 is 4.74 Å². The molecular formula is C16H18ClN5O. The van der Waals surface area contributed by atoms with E-state index in [0.29, 0.717) is 28.9 Å². The Morgan fingerprint density at radius 2 is 2.35 bits per heavy atom. The smallest absolute Gasteiger partial charge is 0.144 e. The Labute approximate surface area is 140 Å². The zero-order valence-electron chi connectivity index (χ0n) is 13.1. The van der Waals surface area contributed by atoms with Gasteiger partial charge in [-0.05, 0) is 18.9 Å². The summed E-state index contributed by atoms with van der Waals surface area (Å²) in [6.07, 6.45) is 6.38. The largest absolute Gasteiger partial charge is 0.373 e. The number of hydrogen-bond acceptors (Lipinski definition) is 5. The van der Waals surface area contributed by atoms with Crippen molar-refractivity contribution >= 4 is 17.4 Å². The fourth-order valence-electron chi connectivity index (χ4n) is 2.88. The van der Waals surface area contributed by atoms with Crippen LogP contribution in [0.3, 0.4) is 0 Å². The fraction of sp³-hybridized carbons (Fsp3) is 0.438. The number of aromatic nitrogens is 3. The van der Waals surface area contributed by atoms with Gasteiger partial charge in [0.1, 0.15) is 11.9 Å². The fourth-order valence-corrected chi connectivity index (χ4v) is 3.02. The number of anilines is 1. The summed E-state index contributed by atoms with van der Waals surface area (Å²) in [4.78, 5) is 4.25. The molecule has 0 amide bonds. The van der Waals surface area contributed by atoms with Crippen LogP contribution < -0.4 is 5.32 Å². The van der Waals surface area contributed by atoms with E-state index in [1.54, 1.807) is 10.9 Å². The zero-order chi connectivity index (χ0) is 16.4. The van der Waals surface area contributed by atoms with Gasteiger partial charge in [0.15, 0.2) is 0 Å². The first-order valence-corrected chi connectivity index (χ1v) is 7.87. The molecule has 2 atom stereocenters. The highest BCUT2D eigenvalue weighted by atomic mass is 35.5. The summed E-state index contributed by atoms with van der Waals surface area (Å²) in [5.41, 5.74) is 2.32. The molecule has 0 saturated carbocycles. The predicted octanol–water partition coefficient (Wildman–Crippen LogP) is 2.84. The number of hydrogen-bond donors (Lipinski definition) is 1. The summed E-state index contributed by atoms with van der Waals surface area (Å²) in [6, 6.07) is 2.17. The van der Waals surface area contributed by atoms with Crippen molar-refractivity contribution in [3.8, 4) is 6.07 Å². The van der Waals surface area contributed by atoms with Crippen LogP contribution in [0.5, 0.6) is 0 Å². The first-order chi connectivity index (χ1) is 11.1. The number of nitrogens with one attached hydrogen (secondary N) is 1. The molecule has 1 fully saturated rings. The minimum atomic E-state index is 0.0233. The molecular weight excluding hydrogens is 314 g/mol. The van der Waals surface area contributed by atoms with Gasteiger partial charge in [-0.25, -0.2) is 4.98 Å². The molecule has 3 rings (SSSR count). The highest BCUT2D eigenvalue weighted by molar-refractivity contribution is 6.31. The highest BCUT2D eigenvalue weighted by Gasteiger charge is 2.30. The SMILES string of the molecule is Cc1c(Cl)cnc(NC[C@@H]2CCO[C@H]2c2cnn(C)c2)c1C#N. The van der Waals surface area contributed by atoms with Crippen molar-refractivity contribution in [2.45, 2.75) is 19.4 Å². The van der Waals surface area contributed by atoms with Gasteiger partial charge in [0.2, 0.25) is 0 Å². The Hall–Kier alpha value is -2.10. The van der Waals surface area contributed by atoms with E-state index in [4.69, 9.17) is 16.3 Å². The third-order valence-corrected chi connectivity index (χ3v) is 4.57. The number of aryl methyl sites for hydroxylation is 1. The molecule has 1 saturated heterocycles. The van der Waals surface area contributed by atoms with E-state index in [1.807, 2.05) is 26.4 Å². The summed E-state index contributed by atoms with van der Waals surface area (Å²) in [5, 5.41) is 17.3. The van der Waals surface area contributed by atoms with Crippen LogP contribution in [-0.4, -0.2) is 27.9 Å². The highest BCUT2D eigenvalue weighted by Crippen LogP contribution is 2.34. The van der Waals surface area contributed by atoms with Crippen LogP contribution in [0, 0.1) is 24.2 Å². The Bertz CT molecular complexity index is 751. The molecule has 0 bridgehead atoms. The molecule has 0 unspecified atom stereocenters. The second-order valence-corrected chi connectivity index (χ2v) is 6.14. The molecule has 1 N–H and O–H groups in total. The van der Waals surface area contributed by atoms with Crippen molar-refractivity contribution in [1.82, 2.24) is 14.8 Å². The van der Waals surface area contributed by atoms with E-state index < -0.39 is 0 Å². The third kappa shape index (κ3) is 3.16. The molecule has 120 valence electrons. The van der Waals surface area contributed by atoms with Crippen molar-refractivity contribution in [3.05, 3.63) is 40.3 Å². The van der Waals surface area contributed by atoms with E-state index in [-0.39, 0.29) is 6.10 Å². The predicted molar refractivity (Wildman–Crippen MR) is 87.2 cm³/mol. The first kappa shape index (κ1) is 15.8. The van der Waals surface area contributed by atoms with Gasteiger partial charge < -0.3 is 10.1 Å². The van der Waals surface area contributed by atoms with Gasteiger partial charge in [-0.2, -0.15) is 10.4 Å². The topological polar surface area (TPSA) is 75.8 Å². The monoisotopic (exact) mass is 331 g/mol. The lowest BCUT2D eigenvalue weighted by molar-refractivity contribution is 0.0932. The lowest BCUT2D eigenvalue weighted by Gasteiger charge is -2.19. The van der Waals surface area contributed by atoms with Crippen LogP contribution in [-0.2, 0) is 11.8 Å². The van der Waals surface area contributed by atoms with Crippen molar-refractivity contribution in [2.24, 2.45) is 13.0 Å². The van der Waals surface area contributed by atoms with Crippen LogP contribution in [0.2, 0.25) is 5.02 Å². The Kier molecular flexibility index (Phi) is 4.51. The number of nitrogens with zero attached hydrogens (tertiary/aromatic N) is 4. The van der Waals surface area contributed by atoms with E-state index >= 15 is 0 Å². The van der Waals surface area contributed by atoms with E-state index in [2.05, 4.69) is 21.5 Å². The van der Waals surface area contributed by atoms with Crippen LogP contribution in [0.4, 0.5) is 5.82 Å². The molecule has 0 radical (unpaired) electrons. The molecule has 6 nitrogen and oxygen atoms in total. The van der Waals surface area contributed by atoms with Gasteiger partial charge >= 0.3 is 0 Å². The normalized spacial score (nSPS) is 20.4. The van der Waals surface area contributed by atoms with Gasteiger partial charge in [-0.15, -0.1) is 0 Å². The summed E-state index contributed by atoms with van der Waals surface area (Å²) in [6.45, 7) is 3.23. The van der Waals surface area contributed by atoms with Gasteiger partial charge in [0.05, 0.1) is 22.9 Å². The molecule has 2 aromatic rings. The average molecular weight is 332 g/mol. The zero-order valence-corrected chi connectivity index (χ0v) is 13.8. The second kappa shape index (κ2) is 6.57. The lowest BCUT2D eigenvalue weighted by Crippen LogP contribution is -2.19. The van der Waals surface area contributed by atoms with E-state index in [0.717, 1.165) is 24.2 Å². The lowest BCUT2D eigenvalue weighted by atomic mass is 9.97. The molecule has 1 aliphatic heterocycles. The maximum Gasteiger partial charge on any atom is 0.144 e. The second-order valence-electron chi connectivity index (χ2n) is 5.73. The molecule has 2 aromatic heterocycles. The maximum absolute atomic E-state index is 9.32. The van der Waals surface area contributed by atoms with Crippen LogP contribution >= 0.6 is 11.6 Å². The molecule has 0 spiro atoms. The van der Waals surface area contributed by atoms with Gasteiger partial charge in [0.25, 0.3) is 0 Å². The Balaban J connectivity index is 1.73. The maximum atomic E-state index is 9.32. The summed E-state index contributed by atoms with van der Waals surface area (Å²) in [7, 11) is 1.89. The quantitative estimate of drug-likeness (QED) is 0.932. The Morgan fingerprint density at radius 1 is 1.52 bits per heavy atom. The van der Waals surface area contributed by atoms with Crippen LogP contribution in [0.15, 0.2) is 18.6 Å².